The topological polar surface area (TPSA) is 161 Å². The number of nitrogens with zero attached hydrogens (tertiary/aromatic N) is 4. The first-order valence-electron chi connectivity index (χ1n) is 14.3. The number of carbonyl (C=O) groups excluding carboxylic acids is 3. The number of hydrogen-bond acceptors (Lipinski definition) is 9. The van der Waals surface area contributed by atoms with E-state index in [2.05, 4.69) is 30.8 Å². The number of benzene rings is 2. The number of pyridine rings is 1. The lowest BCUT2D eigenvalue weighted by atomic mass is 10.0. The Morgan fingerprint density at radius 3 is 2.78 bits per heavy atom. The maximum absolute atomic E-state index is 14.6. The number of fused-ring (bicyclic) bond motifs is 5. The molecule has 0 radical (unpaired) electrons. The Labute approximate surface area is 257 Å². The van der Waals surface area contributed by atoms with Crippen molar-refractivity contribution in [1.29, 1.82) is 0 Å². The van der Waals surface area contributed by atoms with E-state index in [-0.39, 0.29) is 42.5 Å². The van der Waals surface area contributed by atoms with Crippen molar-refractivity contribution >= 4 is 17.7 Å². The number of hydrogen-bond donors (Lipinski definition) is 3. The van der Waals surface area contributed by atoms with Crippen LogP contribution in [0.1, 0.15) is 28.2 Å². The smallest absolute Gasteiger partial charge is 0.258 e. The van der Waals surface area contributed by atoms with Gasteiger partial charge in [-0.15, -0.1) is 0 Å². The SMILES string of the molecule is COc1ccc2cc1OCC(=O)N[C@@H]1CN(C(=O)Cc3nc(-c4ccncc4)n[nH]3)CC[C@@H]1Oc1cc(F)cc(c1)CNC2=O. The highest BCUT2D eigenvalue weighted by atomic mass is 19.1. The largest absolute Gasteiger partial charge is 0.493 e. The van der Waals surface area contributed by atoms with Gasteiger partial charge in [-0.25, -0.2) is 9.37 Å². The van der Waals surface area contributed by atoms with E-state index >= 15 is 0 Å². The second kappa shape index (κ2) is 13.0. The normalized spacial score (nSPS) is 18.5. The minimum absolute atomic E-state index is 0.0253. The number of amides is 3. The van der Waals surface area contributed by atoms with E-state index in [4.69, 9.17) is 14.2 Å². The van der Waals surface area contributed by atoms with Crippen LogP contribution < -0.4 is 24.8 Å². The first-order chi connectivity index (χ1) is 21.8. The summed E-state index contributed by atoms with van der Waals surface area (Å²) >= 11 is 0. The quantitative estimate of drug-likeness (QED) is 0.312. The van der Waals surface area contributed by atoms with Crippen LogP contribution >= 0.6 is 0 Å². The minimum Gasteiger partial charge on any atom is -0.493 e. The Hall–Kier alpha value is -5.53. The fraction of sp³-hybridized carbons (Fsp3) is 0.290. The van der Waals surface area contributed by atoms with Gasteiger partial charge in [0.15, 0.2) is 23.9 Å². The molecule has 13 nitrogen and oxygen atoms in total. The highest BCUT2D eigenvalue weighted by molar-refractivity contribution is 5.95. The molecular formula is C31H30FN7O6. The summed E-state index contributed by atoms with van der Waals surface area (Å²) in [4.78, 5) is 49.3. The molecule has 2 aromatic heterocycles. The molecule has 3 amide bonds. The van der Waals surface area contributed by atoms with Crippen LogP contribution in [0.2, 0.25) is 0 Å². The van der Waals surface area contributed by atoms with Crippen molar-refractivity contribution in [1.82, 2.24) is 35.7 Å². The Morgan fingerprint density at radius 2 is 1.96 bits per heavy atom. The van der Waals surface area contributed by atoms with Crippen LogP contribution in [0.3, 0.4) is 0 Å². The zero-order valence-electron chi connectivity index (χ0n) is 24.3. The van der Waals surface area contributed by atoms with Crippen molar-refractivity contribution in [2.75, 3.05) is 26.8 Å². The Bertz CT molecular complexity index is 1720. The number of likely N-dealkylation sites (tertiary alicyclic amines) is 1. The number of piperidine rings is 1. The van der Waals surface area contributed by atoms with Gasteiger partial charge in [0.1, 0.15) is 23.5 Å². The predicted molar refractivity (Wildman–Crippen MR) is 157 cm³/mol. The highest BCUT2D eigenvalue weighted by Crippen LogP contribution is 2.29. The fourth-order valence-corrected chi connectivity index (χ4v) is 5.27. The molecule has 3 N–H and O–H groups in total. The number of aromatic nitrogens is 4. The molecule has 2 aliphatic rings. The minimum atomic E-state index is -0.645. The van der Waals surface area contributed by atoms with Gasteiger partial charge in [0.25, 0.3) is 11.8 Å². The molecule has 0 saturated carbocycles. The molecule has 4 heterocycles. The number of carbonyl (C=O) groups is 3. The zero-order chi connectivity index (χ0) is 31.3. The molecule has 14 heteroatoms. The molecule has 0 unspecified atom stereocenters. The van der Waals surface area contributed by atoms with E-state index in [0.717, 1.165) is 5.56 Å². The number of methoxy groups -OCH3 is 1. The third-order valence-corrected chi connectivity index (χ3v) is 7.49. The second-order valence-electron chi connectivity index (χ2n) is 10.6. The summed E-state index contributed by atoms with van der Waals surface area (Å²) in [5, 5.41) is 12.7. The van der Waals surface area contributed by atoms with Crippen molar-refractivity contribution in [2.24, 2.45) is 0 Å². The summed E-state index contributed by atoms with van der Waals surface area (Å²) in [5.41, 5.74) is 1.52. The van der Waals surface area contributed by atoms with Crippen molar-refractivity contribution in [3.05, 3.63) is 83.7 Å². The summed E-state index contributed by atoms with van der Waals surface area (Å²) in [7, 11) is 1.45. The summed E-state index contributed by atoms with van der Waals surface area (Å²) in [5.74, 6) is -0.0190. The van der Waals surface area contributed by atoms with Crippen LogP contribution in [0.15, 0.2) is 60.9 Å². The molecule has 0 spiro atoms. The number of halogens is 1. The van der Waals surface area contributed by atoms with E-state index < -0.39 is 36.4 Å². The lowest BCUT2D eigenvalue weighted by molar-refractivity contribution is -0.135. The van der Waals surface area contributed by atoms with E-state index in [9.17, 15) is 18.8 Å². The Kier molecular flexibility index (Phi) is 8.53. The zero-order valence-corrected chi connectivity index (χ0v) is 24.3. The van der Waals surface area contributed by atoms with E-state index in [1.165, 1.54) is 25.3 Å². The molecule has 6 rings (SSSR count). The fourth-order valence-electron chi connectivity index (χ4n) is 5.27. The van der Waals surface area contributed by atoms with Crippen LogP contribution in [0.5, 0.6) is 17.2 Å². The molecule has 2 aromatic carbocycles. The highest BCUT2D eigenvalue weighted by Gasteiger charge is 2.35. The number of ether oxygens (including phenoxy) is 3. The van der Waals surface area contributed by atoms with Crippen molar-refractivity contribution in [2.45, 2.75) is 31.5 Å². The monoisotopic (exact) mass is 615 g/mol. The first-order valence-corrected chi connectivity index (χ1v) is 14.3. The summed E-state index contributed by atoms with van der Waals surface area (Å²) in [6.45, 7) is 0.128. The van der Waals surface area contributed by atoms with E-state index in [1.807, 2.05) is 0 Å². The molecule has 2 atom stereocenters. The van der Waals surface area contributed by atoms with Crippen molar-refractivity contribution in [3.8, 4) is 28.6 Å². The molecule has 45 heavy (non-hydrogen) atoms. The van der Waals surface area contributed by atoms with Crippen molar-refractivity contribution in [3.63, 3.8) is 0 Å². The van der Waals surface area contributed by atoms with Gasteiger partial charge in [0.05, 0.1) is 19.6 Å². The maximum atomic E-state index is 14.6. The van der Waals surface area contributed by atoms with E-state index in [0.29, 0.717) is 35.9 Å². The van der Waals surface area contributed by atoms with Gasteiger partial charge in [-0.05, 0) is 48.0 Å². The molecule has 2 aliphatic heterocycles. The Morgan fingerprint density at radius 1 is 1.11 bits per heavy atom. The van der Waals surface area contributed by atoms with Crippen LogP contribution in [0.25, 0.3) is 11.4 Å². The van der Waals surface area contributed by atoms with Gasteiger partial charge in [-0.1, -0.05) is 0 Å². The van der Waals surface area contributed by atoms with Gasteiger partial charge < -0.3 is 29.7 Å². The first kappa shape index (κ1) is 29.5. The number of rotatable bonds is 4. The van der Waals surface area contributed by atoms with Gasteiger partial charge >= 0.3 is 0 Å². The lowest BCUT2D eigenvalue weighted by Gasteiger charge is -2.38. The van der Waals surface area contributed by atoms with Gasteiger partial charge in [0, 0.05) is 55.6 Å². The second-order valence-corrected chi connectivity index (χ2v) is 10.6. The standard InChI is InChI=1S/C31H30FN7O6/c1-43-25-3-2-20-12-26(25)44-17-28(40)35-23-16-39(29(41)14-27-36-30(38-37-27)19-4-7-33-8-5-19)9-6-24(23)45-22-11-18(10-21(32)13-22)15-34-31(20)42/h2-5,7-8,10-13,23-24H,6,9,14-17H2,1H3,(H,34,42)(H,35,40)(H,36,37,38)/t23-,24+/m1/s1. The maximum Gasteiger partial charge on any atom is 0.258 e. The third-order valence-electron chi connectivity index (χ3n) is 7.49. The Balaban J connectivity index is 1.22. The van der Waals surface area contributed by atoms with Crippen molar-refractivity contribution < 1.29 is 33.0 Å². The molecule has 4 aromatic rings. The van der Waals surface area contributed by atoms with Gasteiger partial charge in [-0.3, -0.25) is 24.5 Å². The molecule has 4 bridgehead atoms. The van der Waals surface area contributed by atoms with E-state index in [1.54, 1.807) is 47.6 Å². The average molecular weight is 616 g/mol. The average Bonchev–Trinajstić information content (AvgIpc) is 3.51. The predicted octanol–water partition coefficient (Wildman–Crippen LogP) is 2.04. The van der Waals surface area contributed by atoms with Crippen LogP contribution in [0.4, 0.5) is 4.39 Å². The van der Waals surface area contributed by atoms with Crippen LogP contribution in [-0.4, -0.2) is 81.7 Å². The molecular weight excluding hydrogens is 585 g/mol. The van der Waals surface area contributed by atoms with Gasteiger partial charge in [-0.2, -0.15) is 5.10 Å². The molecule has 232 valence electrons. The molecule has 0 aliphatic carbocycles. The molecule has 1 saturated heterocycles. The molecule has 1 fully saturated rings. The summed E-state index contributed by atoms with van der Waals surface area (Å²) in [6.07, 6.45) is 3.01. The third kappa shape index (κ3) is 7.00. The summed E-state index contributed by atoms with van der Waals surface area (Å²) < 4.78 is 31.9. The number of H-pyrrole nitrogens is 1. The number of nitrogens with one attached hydrogen (secondary N) is 3. The summed E-state index contributed by atoms with van der Waals surface area (Å²) in [6, 6.07) is 11.7. The van der Waals surface area contributed by atoms with Gasteiger partial charge in [0.2, 0.25) is 5.91 Å². The van der Waals surface area contributed by atoms with Crippen LogP contribution in [-0.2, 0) is 22.6 Å². The van der Waals surface area contributed by atoms with Crippen LogP contribution in [0, 0.1) is 5.82 Å². The number of aromatic amines is 1. The lowest BCUT2D eigenvalue weighted by Crippen LogP contribution is -2.58.